The van der Waals surface area contributed by atoms with E-state index in [0.717, 1.165) is 28.3 Å². The maximum Gasteiger partial charge on any atom is 0.265 e. The van der Waals surface area contributed by atoms with Gasteiger partial charge in [-0.1, -0.05) is 18.2 Å². The minimum Gasteiger partial charge on any atom is -0.372 e. The van der Waals surface area contributed by atoms with E-state index in [1.54, 1.807) is 6.92 Å². The number of rotatable bonds is 6. The summed E-state index contributed by atoms with van der Waals surface area (Å²) in [5, 5.41) is 11.0. The molecule has 0 aliphatic carbocycles. The summed E-state index contributed by atoms with van der Waals surface area (Å²) < 4.78 is 26.8. The average molecular weight is 369 g/mol. The molecule has 134 valence electrons. The molecule has 0 fully saturated rings. The van der Waals surface area contributed by atoms with Crippen LogP contribution in [0.5, 0.6) is 0 Å². The highest BCUT2D eigenvalue weighted by atomic mass is 32.2. The summed E-state index contributed by atoms with van der Waals surface area (Å²) in [5.41, 5.74) is 2.52. The molecule has 2 aromatic rings. The summed E-state index contributed by atoms with van der Waals surface area (Å²) in [5.74, 6) is 0. The second kappa shape index (κ2) is 8.01. The first kappa shape index (κ1) is 19.5. The van der Waals surface area contributed by atoms with Gasteiger partial charge in [-0.25, -0.2) is 10.1 Å². The summed E-state index contributed by atoms with van der Waals surface area (Å²) in [4.78, 5) is 5.17. The summed E-state index contributed by atoms with van der Waals surface area (Å²) in [7, 11) is -1.57. The number of nitrogens with zero attached hydrogens (tertiary/aromatic N) is 3. The normalized spacial score (nSPS) is 12.2. The van der Waals surface area contributed by atoms with Gasteiger partial charge in [-0.15, -0.1) is 0 Å². The van der Waals surface area contributed by atoms with Crippen molar-refractivity contribution in [3.05, 3.63) is 59.1 Å². The van der Waals surface area contributed by atoms with Crippen LogP contribution >= 0.6 is 0 Å². The molecule has 2 aromatic carbocycles. The van der Waals surface area contributed by atoms with Gasteiger partial charge in [0, 0.05) is 19.3 Å². The maximum atomic E-state index is 11.0. The fourth-order valence-corrected chi connectivity index (χ4v) is 2.87. The largest absolute Gasteiger partial charge is 0.372 e. The Morgan fingerprint density at radius 1 is 1.27 bits per heavy atom. The lowest BCUT2D eigenvalue weighted by Crippen LogP contribution is -2.23. The molecule has 0 spiro atoms. The molecular formula is C19H19N3O3S. The van der Waals surface area contributed by atoms with E-state index < -0.39 is 10.1 Å². The predicted octanol–water partition coefficient (Wildman–Crippen LogP) is 3.43. The zero-order valence-corrected chi connectivity index (χ0v) is 15.7. The molecule has 0 saturated carbocycles. The van der Waals surface area contributed by atoms with E-state index in [-0.39, 0.29) is 12.3 Å². The highest BCUT2D eigenvalue weighted by Crippen LogP contribution is 2.26. The first-order valence-electron chi connectivity index (χ1n) is 7.83. The molecule has 0 aliphatic heterocycles. The van der Waals surface area contributed by atoms with E-state index in [1.807, 2.05) is 54.4 Å². The first-order valence-corrected chi connectivity index (χ1v) is 9.65. The second-order valence-electron chi connectivity index (χ2n) is 5.89. The van der Waals surface area contributed by atoms with Gasteiger partial charge in [0.15, 0.2) is 0 Å². The van der Waals surface area contributed by atoms with Crippen LogP contribution < -0.4 is 4.90 Å². The molecule has 6 nitrogen and oxygen atoms in total. The Balaban J connectivity index is 2.25. The number of nitriles is 1. The number of anilines is 1. The van der Waals surface area contributed by atoms with Crippen LogP contribution in [0.25, 0.3) is 21.2 Å². The van der Waals surface area contributed by atoms with Gasteiger partial charge in [-0.2, -0.15) is 8.42 Å². The molecule has 0 amide bonds. The van der Waals surface area contributed by atoms with Crippen LogP contribution in [-0.2, 0) is 14.3 Å². The van der Waals surface area contributed by atoms with Crippen molar-refractivity contribution in [1.29, 1.82) is 5.26 Å². The van der Waals surface area contributed by atoms with Gasteiger partial charge in [0.2, 0.25) is 0 Å². The van der Waals surface area contributed by atoms with E-state index in [2.05, 4.69) is 4.85 Å². The molecule has 0 aliphatic rings. The average Bonchev–Trinajstić information content (AvgIpc) is 2.60. The monoisotopic (exact) mass is 369 g/mol. The Labute approximate surface area is 153 Å². The summed E-state index contributed by atoms with van der Waals surface area (Å²) in [6.07, 6.45) is 1.03. The molecule has 0 bridgehead atoms. The molecule has 0 heterocycles. The van der Waals surface area contributed by atoms with Crippen molar-refractivity contribution in [2.45, 2.75) is 6.92 Å². The molecular weight excluding hydrogens is 350 g/mol. The smallest absolute Gasteiger partial charge is 0.265 e. The van der Waals surface area contributed by atoms with E-state index in [4.69, 9.17) is 16.0 Å². The lowest BCUT2D eigenvalue weighted by molar-refractivity contribution is 0.329. The number of fused-ring (bicyclic) bond motifs is 1. The fraction of sp³-hybridized carbons (Fsp3) is 0.263. The van der Waals surface area contributed by atoms with Gasteiger partial charge in [0.05, 0.1) is 25.5 Å². The molecule has 0 saturated heterocycles. The lowest BCUT2D eigenvalue weighted by atomic mass is 10.0. The molecule has 0 unspecified atom stereocenters. The number of likely N-dealkylation sites (N-methyl/N-ethyl adjacent to an activating group) is 1. The van der Waals surface area contributed by atoms with Crippen LogP contribution in [0.15, 0.2) is 42.1 Å². The number of allylic oxidation sites excluding steroid dienone is 2. The molecule has 26 heavy (non-hydrogen) atoms. The maximum absolute atomic E-state index is 11.0. The van der Waals surface area contributed by atoms with Crippen molar-refractivity contribution in [1.82, 2.24) is 0 Å². The van der Waals surface area contributed by atoms with Crippen molar-refractivity contribution >= 4 is 32.2 Å². The van der Waals surface area contributed by atoms with Crippen molar-refractivity contribution in [3.63, 3.8) is 0 Å². The Kier molecular flexibility index (Phi) is 5.99. The number of hydrogen-bond donors (Lipinski definition) is 0. The van der Waals surface area contributed by atoms with E-state index in [1.165, 1.54) is 0 Å². The molecule has 7 heteroatoms. The van der Waals surface area contributed by atoms with Gasteiger partial charge in [0.25, 0.3) is 15.8 Å². The van der Waals surface area contributed by atoms with Crippen molar-refractivity contribution in [3.8, 4) is 6.07 Å². The Hall–Kier alpha value is -2.87. The van der Waals surface area contributed by atoms with Gasteiger partial charge in [-0.3, -0.25) is 4.18 Å². The van der Waals surface area contributed by atoms with Crippen LogP contribution in [0.2, 0.25) is 0 Å². The molecule has 0 N–H and O–H groups in total. The highest BCUT2D eigenvalue weighted by molar-refractivity contribution is 7.85. The van der Waals surface area contributed by atoms with E-state index in [0.29, 0.717) is 12.1 Å². The van der Waals surface area contributed by atoms with E-state index >= 15 is 0 Å². The number of hydrogen-bond acceptors (Lipinski definition) is 5. The zero-order chi connectivity index (χ0) is 19.3. The minimum atomic E-state index is -3.44. The van der Waals surface area contributed by atoms with Crippen molar-refractivity contribution < 1.29 is 12.6 Å². The van der Waals surface area contributed by atoms with Gasteiger partial charge >= 0.3 is 0 Å². The highest BCUT2D eigenvalue weighted by Gasteiger charge is 2.08. The number of benzene rings is 2. The van der Waals surface area contributed by atoms with E-state index in [9.17, 15) is 8.42 Å². The second-order valence-corrected chi connectivity index (χ2v) is 7.54. The van der Waals surface area contributed by atoms with Crippen LogP contribution in [-0.4, -0.2) is 34.9 Å². The molecule has 0 radical (unpaired) electrons. The Morgan fingerprint density at radius 2 is 1.92 bits per heavy atom. The summed E-state index contributed by atoms with van der Waals surface area (Å²) in [6.45, 7) is 9.36. The van der Waals surface area contributed by atoms with Crippen LogP contribution in [0.4, 0.5) is 5.69 Å². The third-order valence-electron chi connectivity index (χ3n) is 3.99. The first-order chi connectivity index (χ1) is 12.2. The summed E-state index contributed by atoms with van der Waals surface area (Å²) in [6, 6.07) is 13.6. The van der Waals surface area contributed by atoms with Gasteiger partial charge in [0.1, 0.15) is 0 Å². The third-order valence-corrected chi connectivity index (χ3v) is 4.59. The molecule has 0 atom stereocenters. The standard InChI is InChI=1S/C19H19N3O3S/c1-14(19(13-20)21-2)15-5-6-17-12-18(8-7-16(17)11-15)22(3)9-10-25-26(4,23)24/h5-8,11-12H,9-10H2,1,3-4H3/b19-14-. The molecule has 0 aromatic heterocycles. The predicted molar refractivity (Wildman–Crippen MR) is 103 cm³/mol. The SMILES string of the molecule is [C-]#[N+]/C(C#N)=C(/C)c1ccc2cc(N(C)CCOS(C)(=O)=O)ccc2c1. The zero-order valence-electron chi connectivity index (χ0n) is 14.9. The Morgan fingerprint density at radius 3 is 2.54 bits per heavy atom. The topological polar surface area (TPSA) is 74.8 Å². The third kappa shape index (κ3) is 4.82. The summed E-state index contributed by atoms with van der Waals surface area (Å²) >= 11 is 0. The van der Waals surface area contributed by atoms with Crippen molar-refractivity contribution in [2.75, 3.05) is 31.4 Å². The van der Waals surface area contributed by atoms with Crippen molar-refractivity contribution in [2.24, 2.45) is 0 Å². The van der Waals surface area contributed by atoms with Gasteiger partial charge < -0.3 is 4.90 Å². The van der Waals surface area contributed by atoms with Gasteiger partial charge in [-0.05, 0) is 47.0 Å². The van der Waals surface area contributed by atoms with Crippen LogP contribution in [0.1, 0.15) is 12.5 Å². The minimum absolute atomic E-state index is 0.0872. The quantitative estimate of drug-likeness (QED) is 0.443. The molecule has 2 rings (SSSR count). The lowest BCUT2D eigenvalue weighted by Gasteiger charge is -2.19. The Bertz CT molecular complexity index is 1030. The van der Waals surface area contributed by atoms with Crippen LogP contribution in [0.3, 0.4) is 0 Å². The fourth-order valence-electron chi connectivity index (χ4n) is 2.49. The van der Waals surface area contributed by atoms with Crippen LogP contribution in [0, 0.1) is 17.9 Å².